The summed E-state index contributed by atoms with van der Waals surface area (Å²) in [4.78, 5) is 25.9. The highest BCUT2D eigenvalue weighted by Gasteiger charge is 2.24. The van der Waals surface area contributed by atoms with E-state index in [1.54, 1.807) is 0 Å². The first kappa shape index (κ1) is 15.3. The molecule has 0 radical (unpaired) electrons. The SMILES string of the molecule is CCC1CCCCN1CC(=O)NC(=O)NC1CCCC1. The Morgan fingerprint density at radius 2 is 1.80 bits per heavy atom. The number of carbonyl (C=O) groups is 2. The van der Waals surface area contributed by atoms with Gasteiger partial charge in [0.1, 0.15) is 0 Å². The zero-order chi connectivity index (χ0) is 14.4. The van der Waals surface area contributed by atoms with Crippen molar-refractivity contribution >= 4 is 11.9 Å². The molecule has 0 aromatic heterocycles. The van der Waals surface area contributed by atoms with Crippen molar-refractivity contribution in [1.29, 1.82) is 0 Å². The van der Waals surface area contributed by atoms with Crippen LogP contribution < -0.4 is 10.6 Å². The molecule has 3 amide bonds. The van der Waals surface area contributed by atoms with Crippen molar-refractivity contribution in [2.45, 2.75) is 70.4 Å². The van der Waals surface area contributed by atoms with E-state index < -0.39 is 0 Å². The first-order valence-corrected chi connectivity index (χ1v) is 8.03. The minimum Gasteiger partial charge on any atom is -0.335 e. The van der Waals surface area contributed by atoms with Gasteiger partial charge in [-0.3, -0.25) is 15.0 Å². The summed E-state index contributed by atoms with van der Waals surface area (Å²) in [6.07, 6.45) is 9.05. The summed E-state index contributed by atoms with van der Waals surface area (Å²) in [6, 6.07) is 0.417. The number of nitrogens with zero attached hydrogens (tertiary/aromatic N) is 1. The lowest BCUT2D eigenvalue weighted by Gasteiger charge is -2.34. The van der Waals surface area contributed by atoms with E-state index in [-0.39, 0.29) is 18.0 Å². The summed E-state index contributed by atoms with van der Waals surface area (Å²) in [5.74, 6) is -0.180. The monoisotopic (exact) mass is 281 g/mol. The molecule has 0 aromatic rings. The molecule has 1 aliphatic heterocycles. The van der Waals surface area contributed by atoms with Crippen LogP contribution in [0.3, 0.4) is 0 Å². The van der Waals surface area contributed by atoms with Crippen molar-refractivity contribution in [2.75, 3.05) is 13.1 Å². The van der Waals surface area contributed by atoms with Crippen molar-refractivity contribution in [3.8, 4) is 0 Å². The number of likely N-dealkylation sites (tertiary alicyclic amines) is 1. The summed E-state index contributed by atoms with van der Waals surface area (Å²) in [5, 5.41) is 5.35. The standard InChI is InChI=1S/C15H27N3O2/c1-2-13-9-5-6-10-18(13)11-14(19)17-15(20)16-12-7-3-4-8-12/h12-13H,2-11H2,1H3,(H2,16,17,19,20). The van der Waals surface area contributed by atoms with Crippen LogP contribution in [0.5, 0.6) is 0 Å². The van der Waals surface area contributed by atoms with Crippen LogP contribution in [0.2, 0.25) is 0 Å². The van der Waals surface area contributed by atoms with Crippen LogP contribution >= 0.6 is 0 Å². The molecule has 2 fully saturated rings. The van der Waals surface area contributed by atoms with Gasteiger partial charge in [-0.25, -0.2) is 4.79 Å². The topological polar surface area (TPSA) is 61.4 Å². The molecule has 5 heteroatoms. The normalized spacial score (nSPS) is 24.6. The molecule has 1 heterocycles. The molecule has 0 bridgehead atoms. The summed E-state index contributed by atoms with van der Waals surface area (Å²) < 4.78 is 0. The number of carbonyl (C=O) groups excluding carboxylic acids is 2. The van der Waals surface area contributed by atoms with E-state index in [0.717, 1.165) is 38.6 Å². The molecule has 1 saturated carbocycles. The van der Waals surface area contributed by atoms with Crippen LogP contribution in [0.15, 0.2) is 0 Å². The lowest BCUT2D eigenvalue weighted by molar-refractivity contribution is -0.122. The van der Waals surface area contributed by atoms with Gasteiger partial charge in [0.2, 0.25) is 5.91 Å². The molecule has 1 atom stereocenters. The van der Waals surface area contributed by atoms with Gasteiger partial charge in [0, 0.05) is 12.1 Å². The summed E-state index contributed by atoms with van der Waals surface area (Å²) in [5.41, 5.74) is 0. The molecule has 0 spiro atoms. The lowest BCUT2D eigenvalue weighted by Crippen LogP contribution is -2.49. The van der Waals surface area contributed by atoms with E-state index in [1.165, 1.54) is 19.3 Å². The Bertz CT molecular complexity index is 340. The van der Waals surface area contributed by atoms with Crippen LogP contribution in [0.25, 0.3) is 0 Å². The third-order valence-electron chi connectivity index (χ3n) is 4.51. The number of nitrogens with one attached hydrogen (secondary N) is 2. The van der Waals surface area contributed by atoms with Gasteiger partial charge < -0.3 is 5.32 Å². The third-order valence-corrected chi connectivity index (χ3v) is 4.51. The Labute approximate surface area is 121 Å². The number of hydrogen-bond donors (Lipinski definition) is 2. The molecule has 5 nitrogen and oxygen atoms in total. The molecular formula is C15H27N3O2. The summed E-state index contributed by atoms with van der Waals surface area (Å²) >= 11 is 0. The van der Waals surface area contributed by atoms with Crippen molar-refractivity contribution in [3.63, 3.8) is 0 Å². The van der Waals surface area contributed by atoms with Gasteiger partial charge in [-0.15, -0.1) is 0 Å². The zero-order valence-corrected chi connectivity index (χ0v) is 12.5. The largest absolute Gasteiger partial charge is 0.335 e. The van der Waals surface area contributed by atoms with Crippen molar-refractivity contribution in [1.82, 2.24) is 15.5 Å². The van der Waals surface area contributed by atoms with E-state index in [9.17, 15) is 9.59 Å². The van der Waals surface area contributed by atoms with Crippen LogP contribution in [0.1, 0.15) is 58.3 Å². The van der Waals surface area contributed by atoms with Crippen molar-refractivity contribution < 1.29 is 9.59 Å². The van der Waals surface area contributed by atoms with E-state index in [4.69, 9.17) is 0 Å². The number of urea groups is 1. The van der Waals surface area contributed by atoms with Crippen LogP contribution in [0, 0.1) is 0 Å². The van der Waals surface area contributed by atoms with E-state index in [1.807, 2.05) is 0 Å². The zero-order valence-electron chi connectivity index (χ0n) is 12.5. The Morgan fingerprint density at radius 3 is 2.50 bits per heavy atom. The number of amides is 3. The third kappa shape index (κ3) is 4.47. The number of imide groups is 1. The number of rotatable bonds is 4. The number of hydrogen-bond acceptors (Lipinski definition) is 3. The Balaban J connectivity index is 1.72. The average Bonchev–Trinajstić information content (AvgIpc) is 2.91. The highest BCUT2D eigenvalue weighted by molar-refractivity contribution is 5.95. The predicted octanol–water partition coefficient (Wildman–Crippen LogP) is 2.02. The van der Waals surface area contributed by atoms with Crippen LogP contribution in [-0.4, -0.2) is 42.0 Å². The highest BCUT2D eigenvalue weighted by atomic mass is 16.2. The summed E-state index contributed by atoms with van der Waals surface area (Å²) in [7, 11) is 0. The van der Waals surface area contributed by atoms with Crippen LogP contribution in [0.4, 0.5) is 4.79 Å². The smallest absolute Gasteiger partial charge is 0.321 e. The Kier molecular flexibility index (Phi) is 5.83. The van der Waals surface area contributed by atoms with E-state index in [2.05, 4.69) is 22.5 Å². The second-order valence-corrected chi connectivity index (χ2v) is 6.03. The lowest BCUT2D eigenvalue weighted by atomic mass is 10.0. The molecule has 2 aliphatic rings. The minimum absolute atomic E-state index is 0.180. The molecule has 20 heavy (non-hydrogen) atoms. The first-order chi connectivity index (χ1) is 9.69. The second kappa shape index (κ2) is 7.62. The van der Waals surface area contributed by atoms with E-state index in [0.29, 0.717) is 12.6 Å². The van der Waals surface area contributed by atoms with Gasteiger partial charge in [0.25, 0.3) is 0 Å². The Hall–Kier alpha value is -1.10. The maximum Gasteiger partial charge on any atom is 0.321 e. The van der Waals surface area contributed by atoms with Crippen LogP contribution in [-0.2, 0) is 4.79 Å². The molecular weight excluding hydrogens is 254 g/mol. The predicted molar refractivity (Wildman–Crippen MR) is 78.4 cm³/mol. The molecule has 1 unspecified atom stereocenters. The van der Waals surface area contributed by atoms with Gasteiger partial charge >= 0.3 is 6.03 Å². The molecule has 2 rings (SSSR count). The fraction of sp³-hybridized carbons (Fsp3) is 0.867. The Morgan fingerprint density at radius 1 is 1.10 bits per heavy atom. The van der Waals surface area contributed by atoms with Gasteiger partial charge in [0.15, 0.2) is 0 Å². The fourth-order valence-corrected chi connectivity index (χ4v) is 3.37. The van der Waals surface area contributed by atoms with Gasteiger partial charge in [-0.2, -0.15) is 0 Å². The summed E-state index contributed by atoms with van der Waals surface area (Å²) in [6.45, 7) is 3.47. The van der Waals surface area contributed by atoms with Gasteiger partial charge in [0.05, 0.1) is 6.54 Å². The fourth-order valence-electron chi connectivity index (χ4n) is 3.37. The average molecular weight is 281 g/mol. The molecule has 114 valence electrons. The van der Waals surface area contributed by atoms with Crippen molar-refractivity contribution in [2.24, 2.45) is 0 Å². The first-order valence-electron chi connectivity index (χ1n) is 8.03. The highest BCUT2D eigenvalue weighted by Crippen LogP contribution is 2.19. The van der Waals surface area contributed by atoms with Crippen molar-refractivity contribution in [3.05, 3.63) is 0 Å². The molecule has 0 aromatic carbocycles. The van der Waals surface area contributed by atoms with Gasteiger partial charge in [-0.05, 0) is 38.6 Å². The quantitative estimate of drug-likeness (QED) is 0.828. The second-order valence-electron chi connectivity index (χ2n) is 6.03. The molecule has 1 saturated heterocycles. The number of piperidine rings is 1. The molecule has 1 aliphatic carbocycles. The maximum absolute atomic E-state index is 11.9. The maximum atomic E-state index is 11.9. The van der Waals surface area contributed by atoms with Gasteiger partial charge in [-0.1, -0.05) is 26.2 Å². The minimum atomic E-state index is -0.327. The molecule has 2 N–H and O–H groups in total. The van der Waals surface area contributed by atoms with E-state index >= 15 is 0 Å².